The van der Waals surface area contributed by atoms with E-state index in [1.54, 1.807) is 12.1 Å². The first-order valence-electron chi connectivity index (χ1n) is 5.73. The first kappa shape index (κ1) is 13.8. The molecule has 0 saturated carbocycles. The van der Waals surface area contributed by atoms with E-state index in [1.165, 1.54) is 12.1 Å². The van der Waals surface area contributed by atoms with Crippen molar-refractivity contribution in [2.24, 2.45) is 0 Å². The Morgan fingerprint density at radius 2 is 2.00 bits per heavy atom. The number of aliphatic carboxylic acids is 1. The smallest absolute Gasteiger partial charge is 0.331 e. The minimum Gasteiger partial charge on any atom is -0.479 e. The normalized spacial score (nSPS) is 23.2. The van der Waals surface area contributed by atoms with Gasteiger partial charge in [-0.1, -0.05) is 0 Å². The molecule has 0 amide bonds. The van der Waals surface area contributed by atoms with Crippen molar-refractivity contribution in [3.8, 4) is 0 Å². The van der Waals surface area contributed by atoms with E-state index in [-0.39, 0.29) is 11.5 Å². The lowest BCUT2D eigenvalue weighted by molar-refractivity contribution is -0.142. The fourth-order valence-corrected chi connectivity index (χ4v) is 2.58. The van der Waals surface area contributed by atoms with Crippen LogP contribution in [0.4, 0.5) is 5.69 Å². The summed E-state index contributed by atoms with van der Waals surface area (Å²) in [6, 6.07) is 6.00. The maximum atomic E-state index is 11.3. The topological polar surface area (TPSA) is 92.7 Å². The molecule has 1 fully saturated rings. The molecule has 1 heterocycles. The summed E-state index contributed by atoms with van der Waals surface area (Å²) in [4.78, 5) is 11.5. The van der Waals surface area contributed by atoms with Crippen molar-refractivity contribution in [1.29, 1.82) is 0 Å². The van der Waals surface area contributed by atoms with Gasteiger partial charge in [-0.3, -0.25) is 0 Å². The van der Waals surface area contributed by atoms with E-state index in [0.717, 1.165) is 6.26 Å². The summed E-state index contributed by atoms with van der Waals surface area (Å²) in [5, 5.41) is 12.2. The van der Waals surface area contributed by atoms with Crippen LogP contribution >= 0.6 is 0 Å². The number of anilines is 1. The molecule has 1 unspecified atom stereocenters. The zero-order valence-corrected chi connectivity index (χ0v) is 11.2. The van der Waals surface area contributed by atoms with Gasteiger partial charge in [0.25, 0.3) is 0 Å². The molecule has 1 aliphatic heterocycles. The Morgan fingerprint density at radius 1 is 1.37 bits per heavy atom. The molecule has 7 heteroatoms. The van der Waals surface area contributed by atoms with Crippen molar-refractivity contribution < 1.29 is 23.1 Å². The molecule has 1 atom stereocenters. The first-order chi connectivity index (χ1) is 8.83. The van der Waals surface area contributed by atoms with Crippen LogP contribution in [-0.4, -0.2) is 44.5 Å². The van der Waals surface area contributed by atoms with Gasteiger partial charge in [-0.25, -0.2) is 13.2 Å². The van der Waals surface area contributed by atoms with E-state index in [9.17, 15) is 18.3 Å². The molecule has 19 heavy (non-hydrogen) atoms. The quantitative estimate of drug-likeness (QED) is 0.848. The SMILES string of the molecule is CS(=O)(=O)c1ccc(NC2(C(=O)O)CCOC2)cc1. The zero-order valence-electron chi connectivity index (χ0n) is 10.4. The van der Waals surface area contributed by atoms with Crippen LogP contribution in [0.1, 0.15) is 6.42 Å². The maximum absolute atomic E-state index is 11.3. The van der Waals surface area contributed by atoms with E-state index in [4.69, 9.17) is 4.74 Å². The van der Waals surface area contributed by atoms with Gasteiger partial charge in [-0.05, 0) is 24.3 Å². The fraction of sp³-hybridized carbons (Fsp3) is 0.417. The molecular formula is C12H15NO5S. The molecule has 1 saturated heterocycles. The summed E-state index contributed by atoms with van der Waals surface area (Å²) in [6.07, 6.45) is 1.50. The highest BCUT2D eigenvalue weighted by Gasteiger charge is 2.42. The van der Waals surface area contributed by atoms with Crippen LogP contribution in [0.2, 0.25) is 0 Å². The predicted molar refractivity (Wildman–Crippen MR) is 69.0 cm³/mol. The monoisotopic (exact) mass is 285 g/mol. The average Bonchev–Trinajstić information content (AvgIpc) is 2.78. The van der Waals surface area contributed by atoms with Gasteiger partial charge in [-0.15, -0.1) is 0 Å². The molecule has 0 aromatic heterocycles. The van der Waals surface area contributed by atoms with Crippen LogP contribution in [0.15, 0.2) is 29.2 Å². The van der Waals surface area contributed by atoms with Gasteiger partial charge < -0.3 is 15.2 Å². The van der Waals surface area contributed by atoms with E-state index >= 15 is 0 Å². The number of ether oxygens (including phenoxy) is 1. The Balaban J connectivity index is 2.22. The van der Waals surface area contributed by atoms with Crippen LogP contribution in [0.25, 0.3) is 0 Å². The lowest BCUT2D eigenvalue weighted by Gasteiger charge is -2.25. The van der Waals surface area contributed by atoms with E-state index < -0.39 is 21.3 Å². The second-order valence-corrected chi connectivity index (χ2v) is 6.63. The molecule has 2 N–H and O–H groups in total. The van der Waals surface area contributed by atoms with Crippen molar-refractivity contribution in [3.05, 3.63) is 24.3 Å². The fourth-order valence-electron chi connectivity index (χ4n) is 1.95. The van der Waals surface area contributed by atoms with Crippen molar-refractivity contribution in [3.63, 3.8) is 0 Å². The predicted octanol–water partition coefficient (Wildman–Crippen LogP) is 0.746. The second-order valence-electron chi connectivity index (χ2n) is 4.61. The van der Waals surface area contributed by atoms with E-state index in [0.29, 0.717) is 18.7 Å². The van der Waals surface area contributed by atoms with Gasteiger partial charge in [-0.2, -0.15) is 0 Å². The molecule has 104 valence electrons. The number of sulfone groups is 1. The van der Waals surface area contributed by atoms with Crippen LogP contribution < -0.4 is 5.32 Å². The van der Waals surface area contributed by atoms with Gasteiger partial charge in [0.05, 0.1) is 11.5 Å². The number of nitrogens with one attached hydrogen (secondary N) is 1. The Morgan fingerprint density at radius 3 is 2.42 bits per heavy atom. The molecule has 0 aliphatic carbocycles. The highest BCUT2D eigenvalue weighted by Crippen LogP contribution is 2.25. The minimum atomic E-state index is -3.25. The van der Waals surface area contributed by atoms with Gasteiger partial charge in [0, 0.05) is 25.0 Å². The largest absolute Gasteiger partial charge is 0.479 e. The first-order valence-corrected chi connectivity index (χ1v) is 7.62. The van der Waals surface area contributed by atoms with Gasteiger partial charge in [0.1, 0.15) is 0 Å². The lowest BCUT2D eigenvalue weighted by Crippen LogP contribution is -2.47. The summed E-state index contributed by atoms with van der Waals surface area (Å²) >= 11 is 0. The summed E-state index contributed by atoms with van der Waals surface area (Å²) in [7, 11) is -3.25. The van der Waals surface area contributed by atoms with E-state index in [2.05, 4.69) is 5.32 Å². The third-order valence-electron chi connectivity index (χ3n) is 3.10. The van der Waals surface area contributed by atoms with Crippen LogP contribution in [0, 0.1) is 0 Å². The van der Waals surface area contributed by atoms with Crippen LogP contribution in [0.3, 0.4) is 0 Å². The molecule has 1 aliphatic rings. The van der Waals surface area contributed by atoms with E-state index in [1.807, 2.05) is 0 Å². The molecule has 6 nitrogen and oxygen atoms in total. The number of carboxylic acids is 1. The molecule has 1 aromatic rings. The second kappa shape index (κ2) is 4.82. The van der Waals surface area contributed by atoms with Gasteiger partial charge in [0.15, 0.2) is 15.4 Å². The molecule has 2 rings (SSSR count). The summed E-state index contributed by atoms with van der Waals surface area (Å²) in [6.45, 7) is 0.483. The summed E-state index contributed by atoms with van der Waals surface area (Å²) < 4.78 is 27.8. The average molecular weight is 285 g/mol. The molecule has 1 aromatic carbocycles. The number of benzene rings is 1. The maximum Gasteiger partial charge on any atom is 0.331 e. The highest BCUT2D eigenvalue weighted by atomic mass is 32.2. The third kappa shape index (κ3) is 2.87. The zero-order chi connectivity index (χ0) is 14.1. The molecule has 0 bridgehead atoms. The number of rotatable bonds is 4. The summed E-state index contributed by atoms with van der Waals surface area (Å²) in [5.74, 6) is -0.975. The minimum absolute atomic E-state index is 0.0934. The molecule has 0 spiro atoms. The van der Waals surface area contributed by atoms with Gasteiger partial charge >= 0.3 is 5.97 Å². The number of hydrogen-bond donors (Lipinski definition) is 2. The Kier molecular flexibility index (Phi) is 3.51. The van der Waals surface area contributed by atoms with Crippen molar-refractivity contribution in [1.82, 2.24) is 0 Å². The number of hydrogen-bond acceptors (Lipinski definition) is 5. The van der Waals surface area contributed by atoms with Crippen molar-refractivity contribution in [2.45, 2.75) is 16.9 Å². The van der Waals surface area contributed by atoms with Crippen LogP contribution in [0.5, 0.6) is 0 Å². The molecule has 0 radical (unpaired) electrons. The third-order valence-corrected chi connectivity index (χ3v) is 4.23. The highest BCUT2D eigenvalue weighted by molar-refractivity contribution is 7.90. The van der Waals surface area contributed by atoms with Crippen molar-refractivity contribution >= 4 is 21.5 Å². The van der Waals surface area contributed by atoms with Gasteiger partial charge in [0.2, 0.25) is 0 Å². The Bertz CT molecular complexity index is 573. The number of carbonyl (C=O) groups is 1. The standard InChI is InChI=1S/C12H15NO5S/c1-19(16,17)10-4-2-9(3-5-10)13-12(11(14)15)6-7-18-8-12/h2-5,13H,6-8H2,1H3,(H,14,15). The van der Waals surface area contributed by atoms with Crippen molar-refractivity contribution in [2.75, 3.05) is 24.8 Å². The molecular weight excluding hydrogens is 270 g/mol. The Labute approximate surface area is 111 Å². The number of carboxylic acid groups (broad SMARTS) is 1. The summed E-state index contributed by atoms with van der Waals surface area (Å²) in [5.41, 5.74) is -0.577. The Hall–Kier alpha value is -1.60. The lowest BCUT2D eigenvalue weighted by atomic mass is 9.98. The van der Waals surface area contributed by atoms with Crippen LogP contribution in [-0.2, 0) is 19.4 Å².